The molecule has 1 radical (unpaired) electrons. The van der Waals surface area contributed by atoms with Crippen LogP contribution in [0.3, 0.4) is 0 Å². The van der Waals surface area contributed by atoms with Crippen molar-refractivity contribution in [2.24, 2.45) is 40.5 Å². The molecule has 0 aromatic carbocycles. The maximum absolute atomic E-state index is 14.1. The van der Waals surface area contributed by atoms with Gasteiger partial charge in [-0.15, -0.1) is 0 Å². The van der Waals surface area contributed by atoms with Crippen LogP contribution in [0.5, 0.6) is 0 Å². The summed E-state index contributed by atoms with van der Waals surface area (Å²) in [6.07, 6.45) is 0.595. The molecule has 0 fully saturated rings. The number of guanidine groups is 2. The van der Waals surface area contributed by atoms with E-state index in [0.29, 0.717) is 0 Å². The van der Waals surface area contributed by atoms with Crippen molar-refractivity contribution >= 4 is 71.0 Å². The van der Waals surface area contributed by atoms with Gasteiger partial charge in [-0.3, -0.25) is 80.9 Å². The van der Waals surface area contributed by atoms with E-state index in [1.807, 2.05) is 0 Å². The highest BCUT2D eigenvalue weighted by Crippen LogP contribution is 2.09. The summed E-state index contributed by atoms with van der Waals surface area (Å²) in [4.78, 5) is 135. The van der Waals surface area contributed by atoms with E-state index in [9.17, 15) is 47.9 Å². The number of rotatable bonds is 32. The molecule has 0 aliphatic carbocycles. The molecule has 0 aliphatic rings. The van der Waals surface area contributed by atoms with Crippen molar-refractivity contribution in [1.29, 1.82) is 0 Å². The maximum Gasteiger partial charge on any atom is 0.338 e. The molecule has 7 atom stereocenters. The van der Waals surface area contributed by atoms with Crippen molar-refractivity contribution < 1.29 is 62.7 Å². The minimum absolute atomic E-state index is 0.0311. The Morgan fingerprint density at radius 3 is 1.33 bits per heavy atom. The molecule has 0 saturated carbocycles. The summed E-state index contributed by atoms with van der Waals surface area (Å²) in [5.41, 5.74) is 27.2. The summed E-state index contributed by atoms with van der Waals surface area (Å²) in [6, 6.07) is -8.94. The first-order valence-electron chi connectivity index (χ1n) is 21.8. The first kappa shape index (κ1) is 60.2. The Morgan fingerprint density at radius 2 is 0.910 bits per heavy atom. The van der Waals surface area contributed by atoms with Crippen molar-refractivity contribution in [2.75, 3.05) is 33.4 Å². The van der Waals surface area contributed by atoms with Gasteiger partial charge in [-0.05, 0) is 57.3 Å². The number of primary amides is 1. The fraction of sp³-hybridized carbons (Fsp3) is 0.675. The molecule has 0 aromatic heterocycles. The van der Waals surface area contributed by atoms with E-state index in [1.54, 1.807) is 27.7 Å². The third kappa shape index (κ3) is 27.3. The van der Waals surface area contributed by atoms with Crippen molar-refractivity contribution in [2.45, 2.75) is 129 Å². The molecular formula is C40H75N16O11+2. The lowest BCUT2D eigenvalue weighted by molar-refractivity contribution is -0.460. The monoisotopic (exact) mass is 956 g/mol. The van der Waals surface area contributed by atoms with E-state index in [2.05, 4.69) is 57.8 Å². The van der Waals surface area contributed by atoms with Gasteiger partial charge in [0.2, 0.25) is 59.1 Å². The molecule has 67 heavy (non-hydrogen) atoms. The summed E-state index contributed by atoms with van der Waals surface area (Å²) in [5, 5.41) is 22.5. The lowest BCUT2D eigenvalue weighted by atomic mass is 10.0. The molecule has 0 saturated heterocycles. The SMILES string of the molecule is COCC(NC(=O)C(C)NC(=O)C(CCC[NH+]=C(N)N)NC(=O)C(CCC[NH+]=C(N)N)NC(=O)C(CC(C)C)NC(=O)C(CNC(C)=O)NC(C)=O)C(=O)NC(CC(C)C)C(=O)N[CH]C(N)=O. The molecule has 0 aliphatic heterocycles. The van der Waals surface area contributed by atoms with Crippen LogP contribution in [-0.4, -0.2) is 147 Å². The van der Waals surface area contributed by atoms with Gasteiger partial charge < -0.3 is 58.3 Å². The highest BCUT2D eigenvalue weighted by molar-refractivity contribution is 5.98. The average Bonchev–Trinajstić information content (AvgIpc) is 3.21. The second-order valence-electron chi connectivity index (χ2n) is 16.5. The summed E-state index contributed by atoms with van der Waals surface area (Å²) in [6.45, 7) is 11.4. The number of nitrogens with two attached hydrogens (primary N) is 5. The molecule has 0 aromatic rings. The first-order valence-corrected chi connectivity index (χ1v) is 21.8. The van der Waals surface area contributed by atoms with E-state index in [0.717, 1.165) is 6.54 Å². The maximum atomic E-state index is 14.1. The van der Waals surface area contributed by atoms with E-state index < -0.39 is 101 Å². The fourth-order valence-corrected chi connectivity index (χ4v) is 6.08. The third-order valence-corrected chi connectivity index (χ3v) is 9.27. The van der Waals surface area contributed by atoms with Crippen LogP contribution in [-0.2, 0) is 52.7 Å². The Morgan fingerprint density at radius 1 is 0.507 bits per heavy atom. The van der Waals surface area contributed by atoms with Gasteiger partial charge in [0, 0.05) is 27.5 Å². The Hall–Kier alpha value is -6.80. The Labute approximate surface area is 390 Å². The van der Waals surface area contributed by atoms with E-state index in [1.165, 1.54) is 27.9 Å². The molecule has 0 rings (SSSR count). The molecule has 379 valence electrons. The van der Waals surface area contributed by atoms with Crippen molar-refractivity contribution in [1.82, 2.24) is 47.9 Å². The minimum Gasteiger partial charge on any atom is -0.382 e. The van der Waals surface area contributed by atoms with Gasteiger partial charge >= 0.3 is 11.9 Å². The highest BCUT2D eigenvalue weighted by Gasteiger charge is 2.34. The van der Waals surface area contributed by atoms with Crippen LogP contribution in [0.4, 0.5) is 0 Å². The van der Waals surface area contributed by atoms with Crippen LogP contribution in [0.15, 0.2) is 0 Å². The molecule has 10 amide bonds. The number of carbonyl (C=O) groups is 10. The van der Waals surface area contributed by atoms with Crippen LogP contribution in [0, 0.1) is 18.4 Å². The number of ether oxygens (including phenoxy) is 1. The third-order valence-electron chi connectivity index (χ3n) is 9.27. The quantitative estimate of drug-likeness (QED) is 0.0169. The molecule has 21 N–H and O–H groups in total. The van der Waals surface area contributed by atoms with Gasteiger partial charge in [-0.1, -0.05) is 27.7 Å². The number of amides is 10. The molecule has 27 nitrogen and oxygen atoms in total. The van der Waals surface area contributed by atoms with Gasteiger partial charge in [0.1, 0.15) is 48.8 Å². The van der Waals surface area contributed by atoms with Gasteiger partial charge in [0.15, 0.2) is 0 Å². The van der Waals surface area contributed by atoms with Crippen LogP contribution < -0.4 is 86.5 Å². The Bertz CT molecular complexity index is 1750. The molecule has 7 unspecified atom stereocenters. The van der Waals surface area contributed by atoms with Gasteiger partial charge in [-0.2, -0.15) is 0 Å². The van der Waals surface area contributed by atoms with Gasteiger partial charge in [0.25, 0.3) is 0 Å². The number of hydrogen-bond donors (Lipinski definition) is 16. The lowest BCUT2D eigenvalue weighted by Gasteiger charge is -2.28. The molecule has 27 heteroatoms. The van der Waals surface area contributed by atoms with E-state index in [-0.39, 0.29) is 88.5 Å². The lowest BCUT2D eigenvalue weighted by Crippen LogP contribution is -2.78. The van der Waals surface area contributed by atoms with Crippen LogP contribution in [0.2, 0.25) is 0 Å². The van der Waals surface area contributed by atoms with Gasteiger partial charge in [-0.25, -0.2) is 0 Å². The highest BCUT2D eigenvalue weighted by atomic mass is 16.5. The number of hydrogen-bond acceptors (Lipinski definition) is 11. The van der Waals surface area contributed by atoms with Gasteiger partial charge in [0.05, 0.1) is 19.7 Å². The Kier molecular flexibility index (Phi) is 28.7. The molecule has 0 spiro atoms. The van der Waals surface area contributed by atoms with Crippen LogP contribution in [0.25, 0.3) is 0 Å². The van der Waals surface area contributed by atoms with Crippen LogP contribution >= 0.6 is 0 Å². The largest absolute Gasteiger partial charge is 0.382 e. The molecule has 0 heterocycles. The fourth-order valence-electron chi connectivity index (χ4n) is 6.08. The standard InChI is InChI=1S/C40H73N16O11/c1-20(2)15-27(33(61)49-18-31(41)59)54-38(66)30(19-67-8)56-32(60)22(5)50-34(62)25(11-9-13-46-39(42)43)52-35(63)26(12-10-14-47-40(44)45)53-36(64)28(16-21(3)4)55-37(65)29(51-24(7)58)17-48-23(6)57/h18,20-22,25-30H,9-17,19H2,1-8H3,(H2,41,59)(H,48,57)(H,49,61)(H,50,62)(H,51,58)(H,52,63)(H,53,64)(H,54,66)(H,55,65)(H,56,60)(H4,42,43,46)(H4,44,45,47)/p+2. The summed E-state index contributed by atoms with van der Waals surface area (Å²) in [5.74, 6) is -8.00. The zero-order chi connectivity index (χ0) is 51.4. The van der Waals surface area contributed by atoms with E-state index >= 15 is 0 Å². The number of methoxy groups -OCH3 is 1. The second-order valence-corrected chi connectivity index (χ2v) is 16.5. The second kappa shape index (κ2) is 32.0. The van der Waals surface area contributed by atoms with Crippen molar-refractivity contribution in [3.8, 4) is 0 Å². The summed E-state index contributed by atoms with van der Waals surface area (Å²) >= 11 is 0. The average molecular weight is 956 g/mol. The normalized spacial score (nSPS) is 13.9. The summed E-state index contributed by atoms with van der Waals surface area (Å²) < 4.78 is 5.13. The minimum atomic E-state index is -1.36. The summed E-state index contributed by atoms with van der Waals surface area (Å²) in [7, 11) is 1.27. The molecule has 0 bridgehead atoms. The van der Waals surface area contributed by atoms with Crippen molar-refractivity contribution in [3.63, 3.8) is 0 Å². The number of carbonyl (C=O) groups excluding carboxylic acids is 10. The smallest absolute Gasteiger partial charge is 0.338 e. The van der Waals surface area contributed by atoms with Crippen molar-refractivity contribution in [3.05, 3.63) is 6.54 Å². The number of nitrogens with one attached hydrogen (secondary N) is 11. The topological polar surface area (TPSA) is 446 Å². The zero-order valence-electron chi connectivity index (χ0n) is 39.7. The molecular weight excluding hydrogens is 881 g/mol. The Balaban J connectivity index is 6.54. The zero-order valence-corrected chi connectivity index (χ0v) is 39.7. The predicted octanol–water partition coefficient (Wildman–Crippen LogP) is -9.67. The van der Waals surface area contributed by atoms with Crippen LogP contribution in [0.1, 0.15) is 87.0 Å². The first-order chi connectivity index (χ1) is 31.3. The van der Waals surface area contributed by atoms with E-state index in [4.69, 9.17) is 33.4 Å². The predicted molar refractivity (Wildman–Crippen MR) is 243 cm³/mol.